The Morgan fingerprint density at radius 3 is 2.12 bits per heavy atom. The zero-order valence-corrected chi connectivity index (χ0v) is 18.9. The summed E-state index contributed by atoms with van der Waals surface area (Å²) in [6.45, 7) is 2.46. The maximum atomic E-state index is 13.6. The van der Waals surface area contributed by atoms with Crippen LogP contribution in [-0.2, 0) is 13.0 Å². The van der Waals surface area contributed by atoms with Crippen molar-refractivity contribution in [2.75, 3.05) is 15.5 Å². The molecule has 0 bridgehead atoms. The SMILES string of the molecule is Cc1ccccc1NC(=O)Nc1ccc(C(=O)N2Cc3ccccc3Cc3ccccc32)cc1. The van der Waals surface area contributed by atoms with Crippen LogP contribution in [0.2, 0.25) is 0 Å². The van der Waals surface area contributed by atoms with Crippen molar-refractivity contribution >= 4 is 29.0 Å². The van der Waals surface area contributed by atoms with Crippen molar-refractivity contribution in [1.82, 2.24) is 0 Å². The fraction of sp³-hybridized carbons (Fsp3) is 0.103. The number of benzene rings is 4. The molecule has 0 spiro atoms. The Balaban J connectivity index is 1.35. The number of carbonyl (C=O) groups is 2. The van der Waals surface area contributed by atoms with E-state index in [-0.39, 0.29) is 11.9 Å². The summed E-state index contributed by atoms with van der Waals surface area (Å²) in [6.07, 6.45) is 0.801. The van der Waals surface area contributed by atoms with Gasteiger partial charge in [-0.05, 0) is 72.0 Å². The molecule has 1 aliphatic heterocycles. The summed E-state index contributed by atoms with van der Waals surface area (Å²) >= 11 is 0. The van der Waals surface area contributed by atoms with Gasteiger partial charge in [-0.1, -0.05) is 60.7 Å². The fourth-order valence-electron chi connectivity index (χ4n) is 4.30. The Kier molecular flexibility index (Phi) is 5.83. The first-order valence-electron chi connectivity index (χ1n) is 11.3. The third-order valence-electron chi connectivity index (χ3n) is 6.14. The van der Waals surface area contributed by atoms with Crippen LogP contribution in [0.3, 0.4) is 0 Å². The van der Waals surface area contributed by atoms with Crippen LogP contribution in [0.1, 0.15) is 32.6 Å². The number of aryl methyl sites for hydroxylation is 1. The number of fused-ring (bicyclic) bond motifs is 2. The van der Waals surface area contributed by atoms with Gasteiger partial charge in [0.25, 0.3) is 5.91 Å². The van der Waals surface area contributed by atoms with E-state index < -0.39 is 0 Å². The normalized spacial score (nSPS) is 12.2. The molecule has 5 heteroatoms. The van der Waals surface area contributed by atoms with Gasteiger partial charge in [-0.2, -0.15) is 0 Å². The van der Waals surface area contributed by atoms with Crippen LogP contribution in [-0.4, -0.2) is 11.9 Å². The summed E-state index contributed by atoms with van der Waals surface area (Å²) in [5.74, 6) is -0.0694. The summed E-state index contributed by atoms with van der Waals surface area (Å²) in [5, 5.41) is 5.68. The van der Waals surface area contributed by atoms with Gasteiger partial charge in [0.05, 0.1) is 6.54 Å². The Morgan fingerprint density at radius 1 is 0.706 bits per heavy atom. The zero-order valence-electron chi connectivity index (χ0n) is 18.9. The first-order valence-corrected chi connectivity index (χ1v) is 11.3. The highest BCUT2D eigenvalue weighted by molar-refractivity contribution is 6.07. The Labute approximate surface area is 199 Å². The summed E-state index contributed by atoms with van der Waals surface area (Å²) < 4.78 is 0. The van der Waals surface area contributed by atoms with E-state index in [0.29, 0.717) is 17.8 Å². The van der Waals surface area contributed by atoms with Crippen LogP contribution >= 0.6 is 0 Å². The lowest BCUT2D eigenvalue weighted by atomic mass is 10.0. The first-order chi connectivity index (χ1) is 16.6. The highest BCUT2D eigenvalue weighted by Gasteiger charge is 2.24. The third-order valence-corrected chi connectivity index (χ3v) is 6.14. The molecule has 0 aromatic heterocycles. The lowest BCUT2D eigenvalue weighted by Crippen LogP contribution is -2.30. The molecule has 1 heterocycles. The lowest BCUT2D eigenvalue weighted by Gasteiger charge is -2.23. The van der Waals surface area contributed by atoms with E-state index in [0.717, 1.165) is 34.5 Å². The summed E-state index contributed by atoms with van der Waals surface area (Å²) in [4.78, 5) is 27.8. The van der Waals surface area contributed by atoms with Crippen LogP contribution in [0.5, 0.6) is 0 Å². The number of amides is 3. The monoisotopic (exact) mass is 447 g/mol. The summed E-state index contributed by atoms with van der Waals surface area (Å²) in [5.41, 5.74) is 7.38. The molecule has 0 fully saturated rings. The minimum atomic E-state index is -0.327. The Morgan fingerprint density at radius 2 is 1.35 bits per heavy atom. The number of nitrogens with one attached hydrogen (secondary N) is 2. The van der Waals surface area contributed by atoms with Crippen molar-refractivity contribution in [1.29, 1.82) is 0 Å². The minimum absolute atomic E-state index is 0.0694. The average Bonchev–Trinajstić information content (AvgIpc) is 3.02. The molecule has 2 N–H and O–H groups in total. The van der Waals surface area contributed by atoms with Gasteiger partial charge in [-0.25, -0.2) is 4.79 Å². The molecule has 3 amide bonds. The maximum absolute atomic E-state index is 13.6. The highest BCUT2D eigenvalue weighted by Crippen LogP contribution is 2.31. The van der Waals surface area contributed by atoms with Crippen LogP contribution in [0.25, 0.3) is 0 Å². The molecule has 0 aliphatic carbocycles. The van der Waals surface area contributed by atoms with E-state index in [1.54, 1.807) is 24.3 Å². The van der Waals surface area contributed by atoms with Gasteiger partial charge in [-0.3, -0.25) is 4.79 Å². The molecule has 4 aromatic carbocycles. The number of urea groups is 1. The van der Waals surface area contributed by atoms with Crippen molar-refractivity contribution < 1.29 is 9.59 Å². The fourth-order valence-corrected chi connectivity index (χ4v) is 4.30. The lowest BCUT2D eigenvalue weighted by molar-refractivity contribution is 0.0985. The predicted octanol–water partition coefficient (Wildman–Crippen LogP) is 6.39. The van der Waals surface area contributed by atoms with Gasteiger partial charge in [0.15, 0.2) is 0 Å². The molecule has 0 radical (unpaired) electrons. The number of hydrogen-bond acceptors (Lipinski definition) is 2. The van der Waals surface area contributed by atoms with E-state index in [1.807, 2.05) is 66.4 Å². The maximum Gasteiger partial charge on any atom is 0.323 e. The number of anilines is 3. The quantitative estimate of drug-likeness (QED) is 0.382. The van der Waals surface area contributed by atoms with Gasteiger partial charge < -0.3 is 15.5 Å². The Bertz CT molecular complexity index is 1360. The van der Waals surface area contributed by atoms with E-state index in [1.165, 1.54) is 5.56 Å². The van der Waals surface area contributed by atoms with Crippen molar-refractivity contribution in [3.8, 4) is 0 Å². The second-order valence-electron chi connectivity index (χ2n) is 8.44. The molecule has 1 aliphatic rings. The molecule has 5 nitrogen and oxygen atoms in total. The van der Waals surface area contributed by atoms with Gasteiger partial charge >= 0.3 is 6.03 Å². The van der Waals surface area contributed by atoms with E-state index >= 15 is 0 Å². The first kappa shape index (κ1) is 21.5. The third kappa shape index (κ3) is 4.41. The molecule has 168 valence electrons. The van der Waals surface area contributed by atoms with Crippen molar-refractivity contribution in [2.24, 2.45) is 0 Å². The average molecular weight is 448 g/mol. The van der Waals surface area contributed by atoms with E-state index in [2.05, 4.69) is 28.8 Å². The van der Waals surface area contributed by atoms with Crippen LogP contribution in [0.15, 0.2) is 97.1 Å². The highest BCUT2D eigenvalue weighted by atomic mass is 16.2. The van der Waals surface area contributed by atoms with Gasteiger partial charge in [0.1, 0.15) is 0 Å². The second-order valence-corrected chi connectivity index (χ2v) is 8.44. The molecular formula is C29H25N3O2. The smallest absolute Gasteiger partial charge is 0.308 e. The number of rotatable bonds is 3. The van der Waals surface area contributed by atoms with Crippen molar-refractivity contribution in [3.05, 3.63) is 125 Å². The number of hydrogen-bond donors (Lipinski definition) is 2. The number of para-hydroxylation sites is 2. The van der Waals surface area contributed by atoms with Crippen LogP contribution < -0.4 is 15.5 Å². The number of nitrogens with zero attached hydrogens (tertiary/aromatic N) is 1. The Hall–Kier alpha value is -4.38. The topological polar surface area (TPSA) is 61.4 Å². The standard InChI is InChI=1S/C29H25N3O2/c1-20-8-2-6-12-26(20)31-29(34)30-25-16-14-21(15-17-25)28(33)32-19-24-11-4-3-9-22(24)18-23-10-5-7-13-27(23)32/h2-17H,18-19H2,1H3,(H2,30,31,34). The van der Waals surface area contributed by atoms with E-state index in [4.69, 9.17) is 0 Å². The molecule has 5 rings (SSSR count). The largest absolute Gasteiger partial charge is 0.323 e. The summed E-state index contributed by atoms with van der Waals surface area (Å²) in [7, 11) is 0. The van der Waals surface area contributed by atoms with E-state index in [9.17, 15) is 9.59 Å². The van der Waals surface area contributed by atoms with Crippen molar-refractivity contribution in [2.45, 2.75) is 19.9 Å². The van der Waals surface area contributed by atoms with Crippen molar-refractivity contribution in [3.63, 3.8) is 0 Å². The molecule has 34 heavy (non-hydrogen) atoms. The molecular weight excluding hydrogens is 422 g/mol. The zero-order chi connectivity index (χ0) is 23.5. The second kappa shape index (κ2) is 9.24. The molecule has 4 aromatic rings. The molecule has 0 saturated heterocycles. The summed E-state index contributed by atoms with van der Waals surface area (Å²) in [6, 6.07) is 30.6. The molecule has 0 saturated carbocycles. The molecule has 0 unspecified atom stereocenters. The van der Waals surface area contributed by atoms with Gasteiger partial charge in [0, 0.05) is 22.6 Å². The van der Waals surface area contributed by atoms with Gasteiger partial charge in [0.2, 0.25) is 0 Å². The predicted molar refractivity (Wildman–Crippen MR) is 136 cm³/mol. The van der Waals surface area contributed by atoms with Crippen LogP contribution in [0, 0.1) is 6.92 Å². The van der Waals surface area contributed by atoms with Crippen LogP contribution in [0.4, 0.5) is 21.9 Å². The van der Waals surface area contributed by atoms with Gasteiger partial charge in [-0.15, -0.1) is 0 Å². The number of carbonyl (C=O) groups excluding carboxylic acids is 2. The molecule has 0 atom stereocenters. The minimum Gasteiger partial charge on any atom is -0.308 e.